The molecule has 0 aliphatic rings. The molecule has 1 N–H and O–H groups in total. The summed E-state index contributed by atoms with van der Waals surface area (Å²) in [5.41, 5.74) is 5.89. The van der Waals surface area contributed by atoms with Crippen molar-refractivity contribution in [1.82, 2.24) is 0 Å². The van der Waals surface area contributed by atoms with Gasteiger partial charge < -0.3 is 5.32 Å². The number of rotatable bonds is 7. The van der Waals surface area contributed by atoms with Crippen LogP contribution >= 0.6 is 0 Å². The third kappa shape index (κ3) is 5.34. The molecule has 3 nitrogen and oxygen atoms in total. The van der Waals surface area contributed by atoms with Crippen LogP contribution in [0.1, 0.15) is 33.3 Å². The first-order chi connectivity index (χ1) is 11.4. The van der Waals surface area contributed by atoms with E-state index in [0.717, 1.165) is 28.4 Å². The highest BCUT2D eigenvalue weighted by atomic mass is 14.9. The summed E-state index contributed by atoms with van der Waals surface area (Å²) >= 11 is 0. The van der Waals surface area contributed by atoms with Crippen molar-refractivity contribution in [2.75, 3.05) is 12.4 Å². The summed E-state index contributed by atoms with van der Waals surface area (Å²) in [5.74, 6) is 0.287. The number of allylic oxidation sites excluding steroid dienone is 3. The van der Waals surface area contributed by atoms with Gasteiger partial charge in [-0.15, -0.1) is 0 Å². The van der Waals surface area contributed by atoms with Crippen molar-refractivity contribution in [2.45, 2.75) is 34.6 Å². The highest BCUT2D eigenvalue weighted by Crippen LogP contribution is 2.20. The van der Waals surface area contributed by atoms with Gasteiger partial charge in [0.2, 0.25) is 0 Å². The molecular weight excluding hydrogens is 294 g/mol. The largest absolute Gasteiger partial charge is 0.354 e. The minimum atomic E-state index is 0.287. The van der Waals surface area contributed by atoms with E-state index in [1.807, 2.05) is 50.4 Å². The van der Waals surface area contributed by atoms with Crippen LogP contribution in [0.4, 0.5) is 5.69 Å². The van der Waals surface area contributed by atoms with Gasteiger partial charge in [-0.2, -0.15) is 0 Å². The Morgan fingerprint density at radius 1 is 1.17 bits per heavy atom. The summed E-state index contributed by atoms with van der Waals surface area (Å²) in [7, 11) is 1.77. The molecule has 0 radical (unpaired) electrons. The normalized spacial score (nSPS) is 13.7. The number of nitrogens with one attached hydrogen (secondary N) is 1. The maximum atomic E-state index is 4.87. The molecule has 0 amide bonds. The molecule has 24 heavy (non-hydrogen) atoms. The first-order valence-electron chi connectivity index (χ1n) is 8.30. The topological polar surface area (TPSA) is 36.8 Å². The van der Waals surface area contributed by atoms with Gasteiger partial charge in [0.05, 0.1) is 17.1 Å². The third-order valence-electron chi connectivity index (χ3n) is 3.68. The van der Waals surface area contributed by atoms with Gasteiger partial charge in [0.15, 0.2) is 0 Å². The summed E-state index contributed by atoms with van der Waals surface area (Å²) < 4.78 is 0. The molecule has 128 valence electrons. The van der Waals surface area contributed by atoms with Crippen LogP contribution in [-0.4, -0.2) is 19.0 Å². The Labute approximate surface area is 146 Å². The molecule has 3 heteroatoms. The lowest BCUT2D eigenvalue weighted by Gasteiger charge is -2.16. The molecule has 0 aliphatic carbocycles. The van der Waals surface area contributed by atoms with Gasteiger partial charge in [-0.3, -0.25) is 9.98 Å². The molecule has 0 unspecified atom stereocenters. The SMILES string of the molecule is C=C(Nc1ccccc1C)C(=C/C)/N=C(C(/C=N\C)=C/C)\C(C)C. The van der Waals surface area contributed by atoms with E-state index in [2.05, 4.69) is 43.7 Å². The Balaban J connectivity index is 3.15. The van der Waals surface area contributed by atoms with Gasteiger partial charge in [0.1, 0.15) is 0 Å². The zero-order chi connectivity index (χ0) is 18.1. The average Bonchev–Trinajstić information content (AvgIpc) is 2.56. The van der Waals surface area contributed by atoms with Gasteiger partial charge in [-0.05, 0) is 38.3 Å². The van der Waals surface area contributed by atoms with Crippen molar-refractivity contribution in [2.24, 2.45) is 15.9 Å². The van der Waals surface area contributed by atoms with Crippen LogP contribution in [0.25, 0.3) is 0 Å². The van der Waals surface area contributed by atoms with Crippen molar-refractivity contribution < 1.29 is 0 Å². The summed E-state index contributed by atoms with van der Waals surface area (Å²) in [4.78, 5) is 9.00. The lowest BCUT2D eigenvalue weighted by molar-refractivity contribution is 0.883. The Morgan fingerprint density at radius 3 is 2.33 bits per heavy atom. The number of hydrogen-bond donors (Lipinski definition) is 1. The van der Waals surface area contributed by atoms with E-state index < -0.39 is 0 Å². The summed E-state index contributed by atoms with van der Waals surface area (Å²) in [6.07, 6.45) is 5.87. The van der Waals surface area contributed by atoms with Crippen molar-refractivity contribution in [1.29, 1.82) is 0 Å². The van der Waals surface area contributed by atoms with Gasteiger partial charge in [0, 0.05) is 24.5 Å². The van der Waals surface area contributed by atoms with Crippen molar-refractivity contribution >= 4 is 17.6 Å². The predicted molar refractivity (Wildman–Crippen MR) is 108 cm³/mol. The van der Waals surface area contributed by atoms with Crippen LogP contribution in [0.15, 0.2) is 69.9 Å². The third-order valence-corrected chi connectivity index (χ3v) is 3.68. The highest BCUT2D eigenvalue weighted by molar-refractivity contribution is 6.17. The minimum Gasteiger partial charge on any atom is -0.354 e. The fraction of sp³-hybridized carbons (Fsp3) is 0.333. The molecule has 0 spiro atoms. The summed E-state index contributed by atoms with van der Waals surface area (Å²) in [6, 6.07) is 8.15. The molecule has 0 fully saturated rings. The molecule has 0 bridgehead atoms. The number of anilines is 1. The van der Waals surface area contributed by atoms with E-state index >= 15 is 0 Å². The maximum Gasteiger partial charge on any atom is 0.0819 e. The lowest BCUT2D eigenvalue weighted by Crippen LogP contribution is -2.14. The van der Waals surface area contributed by atoms with Crippen LogP contribution in [0, 0.1) is 12.8 Å². The Bertz CT molecular complexity index is 689. The van der Waals surface area contributed by atoms with Crippen molar-refractivity contribution in [3.05, 3.63) is 65.5 Å². The Kier molecular flexibility index (Phi) is 7.90. The van der Waals surface area contributed by atoms with Gasteiger partial charge >= 0.3 is 0 Å². The van der Waals surface area contributed by atoms with Crippen LogP contribution in [0.3, 0.4) is 0 Å². The standard InChI is InChI=1S/C21H29N3/c1-8-18(14-22-7)21(15(3)4)24-19(9-2)17(6)23-20-13-11-10-12-16(20)5/h8-15,23H,6H2,1-5,7H3/b18-8+,19-9-,22-14-,24-21+. The van der Waals surface area contributed by atoms with Gasteiger partial charge in [0.25, 0.3) is 0 Å². The molecule has 0 heterocycles. The zero-order valence-electron chi connectivity index (χ0n) is 15.7. The number of nitrogens with zero attached hydrogens (tertiary/aromatic N) is 2. The van der Waals surface area contributed by atoms with E-state index in [9.17, 15) is 0 Å². The Morgan fingerprint density at radius 2 is 1.83 bits per heavy atom. The first kappa shape index (κ1) is 19.6. The second-order valence-electron chi connectivity index (χ2n) is 5.88. The fourth-order valence-electron chi connectivity index (χ4n) is 2.33. The van der Waals surface area contributed by atoms with Crippen molar-refractivity contribution in [3.63, 3.8) is 0 Å². The molecule has 0 aromatic heterocycles. The van der Waals surface area contributed by atoms with E-state index in [4.69, 9.17) is 4.99 Å². The maximum absolute atomic E-state index is 4.87. The number of aryl methyl sites for hydroxylation is 1. The number of hydrogen-bond acceptors (Lipinski definition) is 3. The van der Waals surface area contributed by atoms with Gasteiger partial charge in [-0.1, -0.05) is 50.8 Å². The van der Waals surface area contributed by atoms with Crippen LogP contribution < -0.4 is 5.32 Å². The minimum absolute atomic E-state index is 0.287. The summed E-state index contributed by atoms with van der Waals surface area (Å²) in [6.45, 7) is 14.5. The second kappa shape index (κ2) is 9.66. The zero-order valence-corrected chi connectivity index (χ0v) is 15.7. The smallest absolute Gasteiger partial charge is 0.0819 e. The lowest BCUT2D eigenvalue weighted by atomic mass is 10.00. The van der Waals surface area contributed by atoms with E-state index in [0.29, 0.717) is 0 Å². The molecule has 1 aromatic rings. The summed E-state index contributed by atoms with van der Waals surface area (Å²) in [5, 5.41) is 3.37. The molecule has 0 saturated carbocycles. The highest BCUT2D eigenvalue weighted by Gasteiger charge is 2.12. The monoisotopic (exact) mass is 323 g/mol. The Hall–Kier alpha value is -2.42. The molecule has 1 rings (SSSR count). The van der Waals surface area contributed by atoms with Crippen LogP contribution in [0.5, 0.6) is 0 Å². The van der Waals surface area contributed by atoms with Crippen LogP contribution in [0.2, 0.25) is 0 Å². The predicted octanol–water partition coefficient (Wildman–Crippen LogP) is 5.57. The van der Waals surface area contributed by atoms with E-state index in [1.54, 1.807) is 7.05 Å². The average molecular weight is 323 g/mol. The number of aliphatic imine (C=N–C) groups is 2. The quantitative estimate of drug-likeness (QED) is 0.517. The molecule has 0 atom stereocenters. The van der Waals surface area contributed by atoms with E-state index in [-0.39, 0.29) is 5.92 Å². The van der Waals surface area contributed by atoms with Gasteiger partial charge in [-0.25, -0.2) is 0 Å². The second-order valence-corrected chi connectivity index (χ2v) is 5.88. The number of benzene rings is 1. The molecular formula is C21H29N3. The molecule has 1 aromatic carbocycles. The molecule has 0 saturated heterocycles. The first-order valence-corrected chi connectivity index (χ1v) is 8.30. The van der Waals surface area contributed by atoms with Crippen LogP contribution in [-0.2, 0) is 0 Å². The van der Waals surface area contributed by atoms with Crippen molar-refractivity contribution in [3.8, 4) is 0 Å². The number of para-hydroxylation sites is 1. The van der Waals surface area contributed by atoms with E-state index in [1.165, 1.54) is 5.56 Å². The fourth-order valence-corrected chi connectivity index (χ4v) is 2.33. The molecule has 0 aliphatic heterocycles.